The molecule has 0 saturated carbocycles. The minimum Gasteiger partial charge on any atom is -0.490 e. The third-order valence-corrected chi connectivity index (χ3v) is 8.39. The standard InChI is InChI=1S/C31H31NO6/c33-30(38-19-27-25-8-3-1-6-23(25)24-7-2-4-9-26(24)27)32-21-15-31(34,16-22(32)18-35-17-21)20-10-11-28-29(14-20)37-13-5-12-36-28/h1-4,6-11,14,21-22,27,34H,5,12-13,15-19H2. The van der Waals surface area contributed by atoms with Gasteiger partial charge in [-0.15, -0.1) is 0 Å². The van der Waals surface area contributed by atoms with Gasteiger partial charge in [-0.2, -0.15) is 0 Å². The molecule has 2 saturated heterocycles. The number of hydrogen-bond donors (Lipinski definition) is 1. The fourth-order valence-electron chi connectivity index (χ4n) is 6.63. The lowest BCUT2D eigenvalue weighted by atomic mass is 9.77. The summed E-state index contributed by atoms with van der Waals surface area (Å²) in [5.41, 5.74) is 4.47. The summed E-state index contributed by atoms with van der Waals surface area (Å²) >= 11 is 0. The summed E-state index contributed by atoms with van der Waals surface area (Å²) in [5.74, 6) is 1.37. The predicted molar refractivity (Wildman–Crippen MR) is 140 cm³/mol. The fourth-order valence-corrected chi connectivity index (χ4v) is 6.63. The predicted octanol–water partition coefficient (Wildman–Crippen LogP) is 4.85. The Morgan fingerprint density at radius 3 is 2.21 bits per heavy atom. The molecule has 4 aliphatic rings. The van der Waals surface area contributed by atoms with Crippen LogP contribution in [0.2, 0.25) is 0 Å². The first-order valence-corrected chi connectivity index (χ1v) is 13.4. The molecule has 38 heavy (non-hydrogen) atoms. The molecule has 1 aliphatic carbocycles. The van der Waals surface area contributed by atoms with Gasteiger partial charge >= 0.3 is 6.09 Å². The van der Waals surface area contributed by atoms with E-state index in [1.165, 1.54) is 22.3 Å². The molecule has 3 aromatic carbocycles. The number of morpholine rings is 1. The van der Waals surface area contributed by atoms with Crippen molar-refractivity contribution >= 4 is 6.09 Å². The van der Waals surface area contributed by atoms with E-state index in [4.69, 9.17) is 18.9 Å². The van der Waals surface area contributed by atoms with E-state index in [0.29, 0.717) is 50.8 Å². The number of piperidine rings is 1. The molecule has 2 atom stereocenters. The second-order valence-corrected chi connectivity index (χ2v) is 10.7. The van der Waals surface area contributed by atoms with Gasteiger partial charge in [-0.1, -0.05) is 54.6 Å². The van der Waals surface area contributed by atoms with Gasteiger partial charge in [-0.3, -0.25) is 4.90 Å². The normalized spacial score (nSPS) is 25.8. The number of nitrogens with zero attached hydrogens (tertiary/aromatic N) is 1. The lowest BCUT2D eigenvalue weighted by molar-refractivity contribution is -0.136. The van der Waals surface area contributed by atoms with Crippen molar-refractivity contribution in [2.75, 3.05) is 33.0 Å². The van der Waals surface area contributed by atoms with Gasteiger partial charge < -0.3 is 24.1 Å². The second kappa shape index (κ2) is 9.33. The second-order valence-electron chi connectivity index (χ2n) is 10.7. The first-order valence-electron chi connectivity index (χ1n) is 13.4. The number of aliphatic hydroxyl groups is 1. The van der Waals surface area contributed by atoms with Crippen molar-refractivity contribution in [3.63, 3.8) is 0 Å². The van der Waals surface area contributed by atoms with Crippen LogP contribution in [0.4, 0.5) is 4.79 Å². The van der Waals surface area contributed by atoms with Crippen molar-refractivity contribution in [2.24, 2.45) is 0 Å². The smallest absolute Gasteiger partial charge is 0.410 e. The third-order valence-electron chi connectivity index (χ3n) is 8.39. The summed E-state index contributed by atoms with van der Waals surface area (Å²) in [4.78, 5) is 15.3. The van der Waals surface area contributed by atoms with Crippen molar-refractivity contribution in [2.45, 2.75) is 42.9 Å². The van der Waals surface area contributed by atoms with Crippen molar-refractivity contribution in [1.82, 2.24) is 4.90 Å². The van der Waals surface area contributed by atoms with Gasteiger partial charge in [0.05, 0.1) is 44.1 Å². The Kier molecular flexibility index (Phi) is 5.78. The largest absolute Gasteiger partial charge is 0.490 e. The van der Waals surface area contributed by atoms with Gasteiger partial charge in [0.1, 0.15) is 6.61 Å². The number of carbonyl (C=O) groups is 1. The van der Waals surface area contributed by atoms with E-state index in [2.05, 4.69) is 24.3 Å². The molecule has 2 fully saturated rings. The quantitative estimate of drug-likeness (QED) is 0.540. The Balaban J connectivity index is 1.09. The molecule has 3 heterocycles. The van der Waals surface area contributed by atoms with Crippen molar-refractivity contribution in [3.05, 3.63) is 83.4 Å². The van der Waals surface area contributed by atoms with Crippen LogP contribution < -0.4 is 9.47 Å². The topological polar surface area (TPSA) is 77.5 Å². The molecule has 196 valence electrons. The molecule has 2 bridgehead atoms. The Hall–Kier alpha value is -3.55. The zero-order chi connectivity index (χ0) is 25.7. The third kappa shape index (κ3) is 3.92. The van der Waals surface area contributed by atoms with Crippen LogP contribution in [-0.4, -0.2) is 61.2 Å². The highest BCUT2D eigenvalue weighted by Crippen LogP contribution is 2.46. The van der Waals surface area contributed by atoms with E-state index in [1.54, 1.807) is 4.90 Å². The number of benzene rings is 3. The van der Waals surface area contributed by atoms with Gasteiger partial charge in [-0.05, 0) is 39.9 Å². The minimum atomic E-state index is -1.09. The maximum absolute atomic E-state index is 13.5. The van der Waals surface area contributed by atoms with E-state index >= 15 is 0 Å². The number of fused-ring (bicyclic) bond motifs is 6. The number of amides is 1. The fraction of sp³-hybridized carbons (Fsp3) is 0.387. The van der Waals surface area contributed by atoms with Crippen LogP contribution in [0.15, 0.2) is 66.7 Å². The van der Waals surface area contributed by atoms with E-state index in [1.807, 2.05) is 42.5 Å². The Bertz CT molecular complexity index is 1310. The molecule has 7 heteroatoms. The molecule has 7 nitrogen and oxygen atoms in total. The average Bonchev–Trinajstić information content (AvgIpc) is 3.06. The van der Waals surface area contributed by atoms with Gasteiger partial charge in [0.15, 0.2) is 11.5 Å². The molecule has 3 aromatic rings. The first kappa shape index (κ1) is 23.6. The van der Waals surface area contributed by atoms with Crippen LogP contribution in [0.5, 0.6) is 11.5 Å². The molecule has 0 radical (unpaired) electrons. The molecule has 1 amide bonds. The highest BCUT2D eigenvalue weighted by atomic mass is 16.6. The van der Waals surface area contributed by atoms with Crippen molar-refractivity contribution < 1.29 is 28.8 Å². The number of hydrogen-bond acceptors (Lipinski definition) is 6. The summed E-state index contributed by atoms with van der Waals surface area (Å²) in [5, 5.41) is 11.8. The maximum Gasteiger partial charge on any atom is 0.410 e. The monoisotopic (exact) mass is 513 g/mol. The summed E-state index contributed by atoms with van der Waals surface area (Å²) in [6, 6.07) is 21.8. The number of ether oxygens (including phenoxy) is 4. The van der Waals surface area contributed by atoms with Crippen LogP contribution in [0, 0.1) is 0 Å². The van der Waals surface area contributed by atoms with Gasteiger partial charge in [0, 0.05) is 25.2 Å². The van der Waals surface area contributed by atoms with E-state index in [0.717, 1.165) is 12.0 Å². The lowest BCUT2D eigenvalue weighted by Gasteiger charge is -2.51. The number of rotatable bonds is 3. The highest BCUT2D eigenvalue weighted by Gasteiger charge is 2.49. The summed E-state index contributed by atoms with van der Waals surface area (Å²) in [6.45, 7) is 2.22. The van der Waals surface area contributed by atoms with Gasteiger partial charge in [-0.25, -0.2) is 4.79 Å². The molecular weight excluding hydrogens is 482 g/mol. The van der Waals surface area contributed by atoms with Crippen molar-refractivity contribution in [3.8, 4) is 22.6 Å². The molecule has 0 spiro atoms. The molecule has 0 aromatic heterocycles. The zero-order valence-electron chi connectivity index (χ0n) is 21.2. The van der Waals surface area contributed by atoms with Crippen LogP contribution in [0.1, 0.15) is 41.9 Å². The maximum atomic E-state index is 13.5. The van der Waals surface area contributed by atoms with E-state index in [-0.39, 0.29) is 30.7 Å². The highest BCUT2D eigenvalue weighted by molar-refractivity contribution is 5.79. The molecule has 2 unspecified atom stereocenters. The molecule has 7 rings (SSSR count). The van der Waals surface area contributed by atoms with Gasteiger partial charge in [0.25, 0.3) is 0 Å². The van der Waals surface area contributed by atoms with Crippen LogP contribution in [-0.2, 0) is 15.1 Å². The first-order chi connectivity index (χ1) is 18.6. The zero-order valence-corrected chi connectivity index (χ0v) is 21.2. The lowest BCUT2D eigenvalue weighted by Crippen LogP contribution is -2.62. The molecular formula is C31H31NO6. The average molecular weight is 514 g/mol. The van der Waals surface area contributed by atoms with Crippen LogP contribution >= 0.6 is 0 Å². The molecule has 3 aliphatic heterocycles. The van der Waals surface area contributed by atoms with Crippen LogP contribution in [0.3, 0.4) is 0 Å². The Morgan fingerprint density at radius 2 is 1.53 bits per heavy atom. The van der Waals surface area contributed by atoms with Crippen LogP contribution in [0.25, 0.3) is 11.1 Å². The molecule has 1 N–H and O–H groups in total. The van der Waals surface area contributed by atoms with E-state index in [9.17, 15) is 9.90 Å². The Morgan fingerprint density at radius 1 is 0.895 bits per heavy atom. The summed E-state index contributed by atoms with van der Waals surface area (Å²) in [6.07, 6.45) is 1.22. The number of carbonyl (C=O) groups excluding carboxylic acids is 1. The Labute approximate surface area is 221 Å². The van der Waals surface area contributed by atoms with E-state index < -0.39 is 5.60 Å². The minimum absolute atomic E-state index is 0.00552. The van der Waals surface area contributed by atoms with Gasteiger partial charge in [0.2, 0.25) is 0 Å². The van der Waals surface area contributed by atoms with Crippen molar-refractivity contribution in [1.29, 1.82) is 0 Å². The summed E-state index contributed by atoms with van der Waals surface area (Å²) < 4.78 is 23.4. The summed E-state index contributed by atoms with van der Waals surface area (Å²) in [7, 11) is 0. The SMILES string of the molecule is O=C(OCC1c2ccccc2-c2ccccc21)N1C2COCC1CC(O)(c1ccc3c(c1)OCCCO3)C2.